The fourth-order valence-corrected chi connectivity index (χ4v) is 3.26. The van der Waals surface area contributed by atoms with Crippen LogP contribution in [0.2, 0.25) is 5.02 Å². The lowest BCUT2D eigenvalue weighted by Crippen LogP contribution is -2.22. The summed E-state index contributed by atoms with van der Waals surface area (Å²) < 4.78 is 30.7. The van der Waals surface area contributed by atoms with Crippen molar-refractivity contribution in [2.24, 2.45) is 4.99 Å². The van der Waals surface area contributed by atoms with Crippen LogP contribution in [0, 0.1) is 10.1 Å². The van der Waals surface area contributed by atoms with E-state index in [4.69, 9.17) is 16.3 Å². The summed E-state index contributed by atoms with van der Waals surface area (Å²) >= 11 is 5.81. The first-order valence-corrected chi connectivity index (χ1v) is 9.19. The number of methoxy groups -OCH3 is 1. The Hall–Kier alpha value is -2.69. The van der Waals surface area contributed by atoms with E-state index in [9.17, 15) is 23.6 Å². The first-order chi connectivity index (χ1) is 12.6. The number of nitro groups is 1. The monoisotopic (exact) mass is 412 g/mol. The summed E-state index contributed by atoms with van der Waals surface area (Å²) in [5, 5.41) is 23.1. The SMILES string of the molecule is COc1ccc(S(=O)(=O)N(C)C)cc1N=Cc1cc(Cl)cc([N+](=O)[O-])c1[O-]. The van der Waals surface area contributed by atoms with Crippen molar-refractivity contribution >= 4 is 39.2 Å². The van der Waals surface area contributed by atoms with E-state index in [1.54, 1.807) is 0 Å². The Morgan fingerprint density at radius 2 is 1.93 bits per heavy atom. The molecule has 0 saturated carbocycles. The van der Waals surface area contributed by atoms with Crippen molar-refractivity contribution in [1.29, 1.82) is 0 Å². The Balaban J connectivity index is 2.56. The molecule has 9 nitrogen and oxygen atoms in total. The number of hydrogen-bond acceptors (Lipinski definition) is 7. The van der Waals surface area contributed by atoms with Gasteiger partial charge < -0.3 is 9.84 Å². The van der Waals surface area contributed by atoms with Crippen LogP contribution < -0.4 is 9.84 Å². The molecule has 2 rings (SSSR count). The van der Waals surface area contributed by atoms with Gasteiger partial charge in [0.1, 0.15) is 11.4 Å². The normalized spacial score (nSPS) is 11.9. The molecule has 2 aromatic carbocycles. The van der Waals surface area contributed by atoms with E-state index in [1.165, 1.54) is 45.5 Å². The van der Waals surface area contributed by atoms with E-state index in [1.807, 2.05) is 0 Å². The summed E-state index contributed by atoms with van der Waals surface area (Å²) in [6.45, 7) is 0. The van der Waals surface area contributed by atoms with Gasteiger partial charge in [-0.2, -0.15) is 0 Å². The fourth-order valence-electron chi connectivity index (χ4n) is 2.11. The van der Waals surface area contributed by atoms with Crippen LogP contribution in [0.25, 0.3) is 0 Å². The molecule has 0 radical (unpaired) electrons. The molecule has 144 valence electrons. The zero-order valence-electron chi connectivity index (χ0n) is 14.5. The maximum absolute atomic E-state index is 12.3. The van der Waals surface area contributed by atoms with Crippen molar-refractivity contribution in [2.45, 2.75) is 4.90 Å². The van der Waals surface area contributed by atoms with Crippen molar-refractivity contribution in [3.63, 3.8) is 0 Å². The molecule has 0 fully saturated rings. The molecule has 11 heteroatoms. The van der Waals surface area contributed by atoms with Crippen LogP contribution in [-0.2, 0) is 10.0 Å². The maximum Gasteiger partial charge on any atom is 0.263 e. The van der Waals surface area contributed by atoms with Crippen LogP contribution in [0.1, 0.15) is 5.56 Å². The molecule has 0 atom stereocenters. The molecule has 0 heterocycles. The van der Waals surface area contributed by atoms with Gasteiger partial charge >= 0.3 is 0 Å². The minimum Gasteiger partial charge on any atom is -0.867 e. The van der Waals surface area contributed by atoms with Crippen LogP contribution in [0.4, 0.5) is 11.4 Å². The number of nitro benzene ring substituents is 1. The Bertz CT molecular complexity index is 1020. The first kappa shape index (κ1) is 20.6. The molecule has 0 saturated heterocycles. The third-order valence-electron chi connectivity index (χ3n) is 3.53. The Morgan fingerprint density at radius 3 is 2.48 bits per heavy atom. The summed E-state index contributed by atoms with van der Waals surface area (Å²) in [6.07, 6.45) is 1.07. The first-order valence-electron chi connectivity index (χ1n) is 7.37. The van der Waals surface area contributed by atoms with Crippen molar-refractivity contribution < 1.29 is 23.2 Å². The van der Waals surface area contributed by atoms with E-state index in [0.29, 0.717) is 0 Å². The summed E-state index contributed by atoms with van der Waals surface area (Å²) in [4.78, 5) is 14.1. The molecule has 2 aromatic rings. The van der Waals surface area contributed by atoms with Crippen molar-refractivity contribution in [3.8, 4) is 11.5 Å². The lowest BCUT2D eigenvalue weighted by Gasteiger charge is -2.13. The third-order valence-corrected chi connectivity index (χ3v) is 5.56. The molecule has 0 aliphatic heterocycles. The van der Waals surface area contributed by atoms with Gasteiger partial charge in [0.15, 0.2) is 0 Å². The molecule has 0 aliphatic rings. The smallest absolute Gasteiger partial charge is 0.263 e. The fraction of sp³-hybridized carbons (Fsp3) is 0.188. The standard InChI is InChI=1S/C16H16ClN3O6S/c1-19(2)27(24,25)12-4-5-15(26-3)13(8-12)18-9-10-6-11(17)7-14(16(10)21)20(22)23/h4-9,21H,1-3H3/p-1. The van der Waals surface area contributed by atoms with Gasteiger partial charge in [0, 0.05) is 31.4 Å². The van der Waals surface area contributed by atoms with Crippen LogP contribution in [0.5, 0.6) is 11.5 Å². The van der Waals surface area contributed by atoms with Gasteiger partial charge in [0.05, 0.1) is 16.9 Å². The van der Waals surface area contributed by atoms with Crippen molar-refractivity contribution in [3.05, 3.63) is 51.0 Å². The van der Waals surface area contributed by atoms with Gasteiger partial charge in [0.2, 0.25) is 10.0 Å². The maximum atomic E-state index is 12.3. The Kier molecular flexibility index (Phi) is 6.04. The number of ether oxygens (including phenoxy) is 1. The highest BCUT2D eigenvalue weighted by Gasteiger charge is 2.19. The second-order valence-corrected chi connectivity index (χ2v) is 8.07. The van der Waals surface area contributed by atoms with Gasteiger partial charge in [-0.1, -0.05) is 11.6 Å². The number of rotatable bonds is 6. The molecule has 0 amide bonds. The zero-order valence-corrected chi connectivity index (χ0v) is 16.1. The number of sulfonamides is 1. The van der Waals surface area contributed by atoms with Gasteiger partial charge in [0.25, 0.3) is 5.69 Å². The van der Waals surface area contributed by atoms with E-state index in [2.05, 4.69) is 4.99 Å². The van der Waals surface area contributed by atoms with Crippen LogP contribution >= 0.6 is 11.6 Å². The lowest BCUT2D eigenvalue weighted by atomic mass is 10.2. The second kappa shape index (κ2) is 7.91. The van der Waals surface area contributed by atoms with E-state index in [0.717, 1.165) is 16.6 Å². The molecule has 0 unspecified atom stereocenters. The topological polar surface area (TPSA) is 125 Å². The van der Waals surface area contributed by atoms with E-state index in [-0.39, 0.29) is 26.9 Å². The number of hydrogen-bond donors (Lipinski definition) is 0. The highest BCUT2D eigenvalue weighted by atomic mass is 35.5. The largest absolute Gasteiger partial charge is 0.867 e. The molecular formula is C16H15ClN3O6S-. The molecular weight excluding hydrogens is 398 g/mol. The highest BCUT2D eigenvalue weighted by Crippen LogP contribution is 2.33. The van der Waals surface area contributed by atoms with E-state index < -0.39 is 26.4 Å². The van der Waals surface area contributed by atoms with E-state index >= 15 is 0 Å². The quantitative estimate of drug-likeness (QED) is 0.407. The minimum atomic E-state index is -3.71. The predicted molar refractivity (Wildman–Crippen MR) is 98.7 cm³/mol. The van der Waals surface area contributed by atoms with Crippen molar-refractivity contribution in [1.82, 2.24) is 4.31 Å². The molecule has 0 aliphatic carbocycles. The van der Waals surface area contributed by atoms with Crippen LogP contribution in [0.3, 0.4) is 0 Å². The average Bonchev–Trinajstić information content (AvgIpc) is 2.61. The second-order valence-electron chi connectivity index (χ2n) is 5.48. The number of nitrogens with zero attached hydrogens (tertiary/aromatic N) is 3. The summed E-state index contributed by atoms with van der Waals surface area (Å²) in [6, 6.07) is 6.23. The zero-order chi connectivity index (χ0) is 20.4. The summed E-state index contributed by atoms with van der Waals surface area (Å²) in [5.41, 5.74) is -0.667. The number of aliphatic imine (C=N–C) groups is 1. The van der Waals surface area contributed by atoms with Gasteiger partial charge in [-0.3, -0.25) is 15.1 Å². The summed E-state index contributed by atoms with van der Waals surface area (Å²) in [5.74, 6) is -0.600. The Morgan fingerprint density at radius 1 is 1.26 bits per heavy atom. The highest BCUT2D eigenvalue weighted by molar-refractivity contribution is 7.89. The van der Waals surface area contributed by atoms with Crippen molar-refractivity contribution in [2.75, 3.05) is 21.2 Å². The molecule has 27 heavy (non-hydrogen) atoms. The van der Waals surface area contributed by atoms with Gasteiger partial charge in [-0.05, 0) is 35.6 Å². The predicted octanol–water partition coefficient (Wildman–Crippen LogP) is 2.33. The summed E-state index contributed by atoms with van der Waals surface area (Å²) in [7, 11) is 0.437. The molecule has 0 bridgehead atoms. The minimum absolute atomic E-state index is 0.00125. The van der Waals surface area contributed by atoms with Crippen LogP contribution in [-0.4, -0.2) is 45.1 Å². The lowest BCUT2D eigenvalue weighted by molar-refractivity contribution is -0.398. The molecule has 0 spiro atoms. The number of benzene rings is 2. The number of halogens is 1. The Labute approximate surface area is 160 Å². The average molecular weight is 413 g/mol. The molecule has 0 aromatic heterocycles. The van der Waals surface area contributed by atoms with Crippen LogP contribution in [0.15, 0.2) is 40.2 Å². The molecule has 0 N–H and O–H groups in total. The van der Waals surface area contributed by atoms with Gasteiger partial charge in [-0.15, -0.1) is 0 Å². The third kappa shape index (κ3) is 4.35. The van der Waals surface area contributed by atoms with Gasteiger partial charge in [-0.25, -0.2) is 12.7 Å².